The molecule has 2 aromatic carbocycles. The van der Waals surface area contributed by atoms with Crippen LogP contribution in [0.1, 0.15) is 0 Å². The molecular weight excluding hydrogens is 346 g/mol. The van der Waals surface area contributed by atoms with Gasteiger partial charge < -0.3 is 9.47 Å². The summed E-state index contributed by atoms with van der Waals surface area (Å²) < 4.78 is 39.7. The summed E-state index contributed by atoms with van der Waals surface area (Å²) in [5.74, 6) is 0.619. The topological polar surface area (TPSA) is 108 Å². The zero-order valence-electron chi connectivity index (χ0n) is 13.4. The highest BCUT2D eigenvalue weighted by Gasteiger charge is 2.21. The standard InChI is InChI=1S/C15H15N5O4S/c1-23-13-6-7-14(24-2)15(9-13)25(21,22)17-11-4-3-5-12(8-11)20-10-16-18-19-20/h3-10,17H,1-2H3. The lowest BCUT2D eigenvalue weighted by Gasteiger charge is -2.13. The number of tetrazole rings is 1. The van der Waals surface area contributed by atoms with Gasteiger partial charge in [0.05, 0.1) is 25.6 Å². The van der Waals surface area contributed by atoms with Crippen LogP contribution in [0.15, 0.2) is 53.7 Å². The lowest BCUT2D eigenvalue weighted by Crippen LogP contribution is -2.14. The van der Waals surface area contributed by atoms with Crippen molar-refractivity contribution in [1.82, 2.24) is 20.2 Å². The van der Waals surface area contributed by atoms with Crippen LogP contribution in [0.25, 0.3) is 5.69 Å². The number of ether oxygens (including phenoxy) is 2. The molecule has 1 heterocycles. The number of aromatic nitrogens is 4. The molecular formula is C15H15N5O4S. The zero-order chi connectivity index (χ0) is 17.9. The van der Waals surface area contributed by atoms with Gasteiger partial charge in [0, 0.05) is 6.07 Å². The van der Waals surface area contributed by atoms with E-state index in [9.17, 15) is 8.42 Å². The molecule has 0 aliphatic heterocycles. The van der Waals surface area contributed by atoms with Gasteiger partial charge in [-0.2, -0.15) is 0 Å². The van der Waals surface area contributed by atoms with Crippen molar-refractivity contribution in [2.24, 2.45) is 0 Å². The number of anilines is 1. The molecule has 0 bridgehead atoms. The number of nitrogens with zero attached hydrogens (tertiary/aromatic N) is 4. The molecule has 0 amide bonds. The third-order valence-electron chi connectivity index (χ3n) is 3.37. The first-order valence-electron chi connectivity index (χ1n) is 7.12. The summed E-state index contributed by atoms with van der Waals surface area (Å²) in [5, 5.41) is 10.9. The normalized spacial score (nSPS) is 11.1. The van der Waals surface area contributed by atoms with Crippen molar-refractivity contribution in [3.05, 3.63) is 48.8 Å². The van der Waals surface area contributed by atoms with Crippen molar-refractivity contribution in [2.75, 3.05) is 18.9 Å². The molecule has 0 unspecified atom stereocenters. The Bertz CT molecular complexity index is 973. The fraction of sp³-hybridized carbons (Fsp3) is 0.133. The van der Waals surface area contributed by atoms with Crippen LogP contribution in [0, 0.1) is 0 Å². The molecule has 0 saturated carbocycles. The molecule has 10 heteroatoms. The Morgan fingerprint density at radius 1 is 1.08 bits per heavy atom. The molecule has 0 aliphatic carbocycles. The van der Waals surface area contributed by atoms with E-state index < -0.39 is 10.0 Å². The Labute approximate surface area is 144 Å². The predicted molar refractivity (Wildman–Crippen MR) is 89.5 cm³/mol. The first kappa shape index (κ1) is 16.7. The Balaban J connectivity index is 1.96. The van der Waals surface area contributed by atoms with Crippen LogP contribution in [0.3, 0.4) is 0 Å². The highest BCUT2D eigenvalue weighted by atomic mass is 32.2. The summed E-state index contributed by atoms with van der Waals surface area (Å²) in [6.07, 6.45) is 1.42. The van der Waals surface area contributed by atoms with Crippen LogP contribution in [-0.2, 0) is 10.0 Å². The maximum Gasteiger partial charge on any atom is 0.265 e. The molecule has 3 aromatic rings. The Morgan fingerprint density at radius 2 is 1.92 bits per heavy atom. The third-order valence-corrected chi connectivity index (χ3v) is 4.77. The van der Waals surface area contributed by atoms with Crippen molar-refractivity contribution in [1.29, 1.82) is 0 Å². The molecule has 0 fully saturated rings. The fourth-order valence-corrected chi connectivity index (χ4v) is 3.43. The largest absolute Gasteiger partial charge is 0.497 e. The second-order valence-electron chi connectivity index (χ2n) is 4.93. The van der Waals surface area contributed by atoms with E-state index in [4.69, 9.17) is 9.47 Å². The first-order valence-corrected chi connectivity index (χ1v) is 8.60. The average Bonchev–Trinajstić information content (AvgIpc) is 3.15. The highest BCUT2D eigenvalue weighted by Crippen LogP contribution is 2.30. The van der Waals surface area contributed by atoms with Gasteiger partial charge in [0.15, 0.2) is 0 Å². The van der Waals surface area contributed by atoms with Crippen molar-refractivity contribution >= 4 is 15.7 Å². The highest BCUT2D eigenvalue weighted by molar-refractivity contribution is 7.92. The predicted octanol–water partition coefficient (Wildman–Crippen LogP) is 1.48. The van der Waals surface area contributed by atoms with Crippen LogP contribution >= 0.6 is 0 Å². The number of benzene rings is 2. The van der Waals surface area contributed by atoms with Gasteiger partial charge in [-0.25, -0.2) is 13.1 Å². The van der Waals surface area contributed by atoms with Crippen molar-refractivity contribution in [2.45, 2.75) is 4.90 Å². The number of methoxy groups -OCH3 is 2. The number of nitrogens with one attached hydrogen (secondary N) is 1. The molecule has 0 atom stereocenters. The van der Waals surface area contributed by atoms with Gasteiger partial charge in [0.25, 0.3) is 10.0 Å². The molecule has 1 aromatic heterocycles. The Morgan fingerprint density at radius 3 is 2.60 bits per heavy atom. The van der Waals surface area contributed by atoms with E-state index in [0.717, 1.165) is 0 Å². The van der Waals surface area contributed by atoms with E-state index in [-0.39, 0.29) is 10.6 Å². The summed E-state index contributed by atoms with van der Waals surface area (Å²) in [7, 11) is -1.03. The van der Waals surface area contributed by atoms with Gasteiger partial charge >= 0.3 is 0 Å². The summed E-state index contributed by atoms with van der Waals surface area (Å²) in [6, 6.07) is 11.2. The minimum absolute atomic E-state index is 0.0258. The van der Waals surface area contributed by atoms with Gasteiger partial charge in [0.2, 0.25) is 0 Å². The van der Waals surface area contributed by atoms with Crippen LogP contribution in [0.5, 0.6) is 11.5 Å². The second-order valence-corrected chi connectivity index (χ2v) is 6.58. The van der Waals surface area contributed by atoms with E-state index in [1.54, 1.807) is 30.3 Å². The van der Waals surface area contributed by atoms with Crippen molar-refractivity contribution in [3.63, 3.8) is 0 Å². The molecule has 0 spiro atoms. The van der Waals surface area contributed by atoms with Crippen LogP contribution in [-0.4, -0.2) is 42.8 Å². The number of hydrogen-bond acceptors (Lipinski definition) is 7. The molecule has 0 saturated heterocycles. The summed E-state index contributed by atoms with van der Waals surface area (Å²) in [5.41, 5.74) is 0.973. The van der Waals surface area contributed by atoms with Gasteiger partial charge in [-0.05, 0) is 40.8 Å². The third kappa shape index (κ3) is 3.53. The van der Waals surface area contributed by atoms with E-state index in [0.29, 0.717) is 17.1 Å². The molecule has 0 aliphatic rings. The van der Waals surface area contributed by atoms with E-state index in [1.165, 1.54) is 37.4 Å². The number of hydrogen-bond donors (Lipinski definition) is 1. The molecule has 0 radical (unpaired) electrons. The number of sulfonamides is 1. The van der Waals surface area contributed by atoms with E-state index in [1.807, 2.05) is 0 Å². The van der Waals surface area contributed by atoms with Crippen molar-refractivity contribution < 1.29 is 17.9 Å². The average molecular weight is 361 g/mol. The number of rotatable bonds is 6. The van der Waals surface area contributed by atoms with Gasteiger partial charge in [0.1, 0.15) is 22.7 Å². The van der Waals surface area contributed by atoms with Crippen LogP contribution < -0.4 is 14.2 Å². The molecule has 9 nitrogen and oxygen atoms in total. The maximum absolute atomic E-state index is 12.8. The first-order chi connectivity index (χ1) is 12.0. The molecule has 25 heavy (non-hydrogen) atoms. The zero-order valence-corrected chi connectivity index (χ0v) is 14.3. The Kier molecular flexibility index (Phi) is 4.52. The second kappa shape index (κ2) is 6.77. The van der Waals surface area contributed by atoms with Crippen LogP contribution in [0.2, 0.25) is 0 Å². The van der Waals surface area contributed by atoms with Gasteiger partial charge in [-0.15, -0.1) is 5.10 Å². The lowest BCUT2D eigenvalue weighted by molar-refractivity contribution is 0.392. The summed E-state index contributed by atoms with van der Waals surface area (Å²) >= 11 is 0. The van der Waals surface area contributed by atoms with Crippen LogP contribution in [0.4, 0.5) is 5.69 Å². The fourth-order valence-electron chi connectivity index (χ4n) is 2.20. The SMILES string of the molecule is COc1ccc(OC)c(S(=O)(=O)Nc2cccc(-n3cnnn3)c2)c1. The maximum atomic E-state index is 12.8. The van der Waals surface area contributed by atoms with Gasteiger partial charge in [-0.1, -0.05) is 6.07 Å². The minimum Gasteiger partial charge on any atom is -0.497 e. The summed E-state index contributed by atoms with van der Waals surface area (Å²) in [4.78, 5) is -0.0258. The van der Waals surface area contributed by atoms with Crippen molar-refractivity contribution in [3.8, 4) is 17.2 Å². The minimum atomic E-state index is -3.89. The molecule has 3 rings (SSSR count). The summed E-state index contributed by atoms with van der Waals surface area (Å²) in [6.45, 7) is 0. The monoisotopic (exact) mass is 361 g/mol. The van der Waals surface area contributed by atoms with E-state index >= 15 is 0 Å². The van der Waals surface area contributed by atoms with E-state index in [2.05, 4.69) is 20.2 Å². The smallest absolute Gasteiger partial charge is 0.265 e. The Hall–Kier alpha value is -3.14. The molecule has 1 N–H and O–H groups in total. The van der Waals surface area contributed by atoms with Gasteiger partial charge in [-0.3, -0.25) is 4.72 Å². The quantitative estimate of drug-likeness (QED) is 0.708. The lowest BCUT2D eigenvalue weighted by atomic mass is 10.3. The molecule has 130 valence electrons.